The van der Waals surface area contributed by atoms with Crippen LogP contribution in [0.3, 0.4) is 0 Å². The smallest absolute Gasteiger partial charge is 0.168 e. The Labute approximate surface area is 329 Å². The third-order valence-electron chi connectivity index (χ3n) is 10.9. The highest BCUT2D eigenvalue weighted by atomic mass is 16.7. The van der Waals surface area contributed by atoms with E-state index in [1.54, 1.807) is 0 Å². The van der Waals surface area contributed by atoms with Gasteiger partial charge in [0.25, 0.3) is 0 Å². The van der Waals surface area contributed by atoms with Gasteiger partial charge in [0, 0.05) is 38.3 Å². The van der Waals surface area contributed by atoms with Crippen LogP contribution in [0.15, 0.2) is 73.1 Å². The van der Waals surface area contributed by atoms with Gasteiger partial charge < -0.3 is 14.4 Å². The summed E-state index contributed by atoms with van der Waals surface area (Å²) in [4.78, 5) is 6.73. The maximum Gasteiger partial charge on any atom is 0.168 e. The van der Waals surface area contributed by atoms with E-state index in [1.807, 2.05) is 12.4 Å². The molecule has 1 aliphatic rings. The van der Waals surface area contributed by atoms with Crippen LogP contribution >= 0.6 is 0 Å². The first kappa shape index (κ1) is 47.1. The van der Waals surface area contributed by atoms with Gasteiger partial charge in [-0.3, -0.25) is 4.98 Å². The summed E-state index contributed by atoms with van der Waals surface area (Å²) in [7, 11) is 0. The summed E-state index contributed by atoms with van der Waals surface area (Å²) in [6.45, 7) is 10.8. The highest BCUT2D eigenvalue weighted by Gasteiger charge is 2.40. The molecule has 4 heteroatoms. The van der Waals surface area contributed by atoms with Gasteiger partial charge >= 0.3 is 0 Å². The van der Waals surface area contributed by atoms with Crippen molar-refractivity contribution in [2.75, 3.05) is 26.2 Å². The summed E-state index contributed by atoms with van der Waals surface area (Å²) in [5.74, 6) is -0.360. The normalized spacial score (nSPS) is 18.0. The topological polar surface area (TPSA) is 34.6 Å². The first-order chi connectivity index (χ1) is 26.2. The van der Waals surface area contributed by atoms with Crippen molar-refractivity contribution in [3.63, 3.8) is 0 Å². The molecule has 2 unspecified atom stereocenters. The molecule has 0 spiro atoms. The number of nitrogens with zero attached hydrogens (tertiary/aromatic N) is 2. The molecule has 1 aliphatic heterocycles. The largest absolute Gasteiger partial charge is 0.347 e. The number of ether oxygens (including phenoxy) is 2. The molecule has 2 atom stereocenters. The van der Waals surface area contributed by atoms with Gasteiger partial charge in [0.05, 0.1) is 12.7 Å². The van der Waals surface area contributed by atoms with Crippen molar-refractivity contribution in [2.45, 2.75) is 206 Å². The minimum Gasteiger partial charge on any atom is -0.347 e. The molecule has 302 valence electrons. The monoisotopic (exact) mass is 733 g/mol. The Bertz CT molecular complexity index is 1050. The van der Waals surface area contributed by atoms with E-state index in [4.69, 9.17) is 9.47 Å². The van der Waals surface area contributed by atoms with Gasteiger partial charge in [-0.1, -0.05) is 140 Å². The van der Waals surface area contributed by atoms with Crippen LogP contribution in [0.4, 0.5) is 0 Å². The second-order valence-corrected chi connectivity index (χ2v) is 15.6. The maximum absolute atomic E-state index is 6.87. The predicted octanol–water partition coefficient (Wildman–Crippen LogP) is 14.5. The average Bonchev–Trinajstić information content (AvgIpc) is 3.59. The Balaban J connectivity index is 1.66. The van der Waals surface area contributed by atoms with Crippen molar-refractivity contribution in [1.29, 1.82) is 0 Å². The molecule has 53 heavy (non-hydrogen) atoms. The van der Waals surface area contributed by atoms with Crippen molar-refractivity contribution in [2.24, 2.45) is 0 Å². The number of rotatable bonds is 36. The molecule has 0 saturated carbocycles. The molecule has 0 aromatic carbocycles. The van der Waals surface area contributed by atoms with Crippen LogP contribution in [0, 0.1) is 0 Å². The Hall–Kier alpha value is -2.01. The predicted molar refractivity (Wildman–Crippen MR) is 232 cm³/mol. The van der Waals surface area contributed by atoms with Crippen LogP contribution in [0.25, 0.3) is 0 Å². The summed E-state index contributed by atoms with van der Waals surface area (Å²) in [5.41, 5.74) is 1.36. The fourth-order valence-corrected chi connectivity index (χ4v) is 7.33. The fourth-order valence-electron chi connectivity index (χ4n) is 7.33. The zero-order valence-electron chi connectivity index (χ0n) is 35.1. The Kier molecular flexibility index (Phi) is 30.7. The van der Waals surface area contributed by atoms with Crippen LogP contribution in [0.1, 0.15) is 193 Å². The SMILES string of the molecule is CCCCC/C=C\C/C=C\CCCCCCCCC1(CCCCCCC/C=C/C/C=C\CCCCC)OCC(CCN(CC)CCc2ccncc2)O1. The molecule has 1 aromatic heterocycles. The molecule has 2 rings (SSSR count). The van der Waals surface area contributed by atoms with Gasteiger partial charge in [-0.15, -0.1) is 0 Å². The molecule has 2 heterocycles. The minimum absolute atomic E-state index is 0.215. The third-order valence-corrected chi connectivity index (χ3v) is 10.9. The molecular formula is C49H84N2O2. The summed E-state index contributed by atoms with van der Waals surface area (Å²) < 4.78 is 13.5. The highest BCUT2D eigenvalue weighted by molar-refractivity contribution is 5.09. The minimum atomic E-state index is -0.360. The lowest BCUT2D eigenvalue weighted by molar-refractivity contribution is -0.180. The summed E-state index contributed by atoms with van der Waals surface area (Å²) >= 11 is 0. The second-order valence-electron chi connectivity index (χ2n) is 15.6. The number of hydrogen-bond donors (Lipinski definition) is 0. The standard InChI is InChI=1S/C49H84N2O2/c1-4-7-9-11-13-15-17-19-21-23-25-27-29-31-33-35-41-49(40-34-32-30-28-26-24-22-20-18-16-14-12-10-8-5-2)52-46-48(53-49)39-45-51(6-3)44-38-47-36-42-50-43-37-47/h13-16,19-22,36-37,42-43,48H,4-12,17-18,23-35,38-41,44-46H2,1-3H3/b15-13-,16-14-,21-19-,22-20+. The van der Waals surface area contributed by atoms with E-state index in [0.717, 1.165) is 64.8 Å². The number of unbranched alkanes of at least 4 members (excludes halogenated alkanes) is 17. The van der Waals surface area contributed by atoms with Crippen molar-refractivity contribution >= 4 is 0 Å². The quantitative estimate of drug-likeness (QED) is 0.0508. The van der Waals surface area contributed by atoms with Gasteiger partial charge in [0.15, 0.2) is 5.79 Å². The van der Waals surface area contributed by atoms with Crippen LogP contribution in [0.2, 0.25) is 0 Å². The lowest BCUT2D eigenvalue weighted by atomic mass is 9.98. The third kappa shape index (κ3) is 26.4. The zero-order valence-corrected chi connectivity index (χ0v) is 35.1. The number of allylic oxidation sites excluding steroid dienone is 8. The van der Waals surface area contributed by atoms with Crippen molar-refractivity contribution in [3.05, 3.63) is 78.7 Å². The van der Waals surface area contributed by atoms with E-state index in [0.29, 0.717) is 0 Å². The first-order valence-electron chi connectivity index (χ1n) is 22.7. The molecular weight excluding hydrogens is 649 g/mol. The number of hydrogen-bond acceptors (Lipinski definition) is 4. The molecule has 4 nitrogen and oxygen atoms in total. The van der Waals surface area contributed by atoms with Gasteiger partial charge in [-0.05, 0) is 114 Å². The van der Waals surface area contributed by atoms with E-state index >= 15 is 0 Å². The first-order valence-corrected chi connectivity index (χ1v) is 22.7. The van der Waals surface area contributed by atoms with Crippen LogP contribution in [-0.4, -0.2) is 48.0 Å². The van der Waals surface area contributed by atoms with Crippen LogP contribution in [0.5, 0.6) is 0 Å². The lowest BCUT2D eigenvalue weighted by Crippen LogP contribution is -2.33. The van der Waals surface area contributed by atoms with E-state index in [2.05, 4.69) is 91.4 Å². The maximum atomic E-state index is 6.87. The van der Waals surface area contributed by atoms with E-state index < -0.39 is 0 Å². The molecule has 0 radical (unpaired) electrons. The molecule has 0 amide bonds. The average molecular weight is 733 g/mol. The van der Waals surface area contributed by atoms with Gasteiger partial charge in [0.2, 0.25) is 0 Å². The Morgan fingerprint density at radius 3 is 1.57 bits per heavy atom. The molecule has 1 saturated heterocycles. The molecule has 0 bridgehead atoms. The number of likely N-dealkylation sites (N-methyl/N-ethyl adjacent to an activating group) is 1. The molecule has 1 aromatic rings. The summed E-state index contributed by atoms with van der Waals surface area (Å²) in [6.07, 6.45) is 56.5. The van der Waals surface area contributed by atoms with Crippen molar-refractivity contribution < 1.29 is 9.47 Å². The summed E-state index contributed by atoms with van der Waals surface area (Å²) in [6, 6.07) is 4.27. The second kappa shape index (κ2) is 34.5. The van der Waals surface area contributed by atoms with Crippen molar-refractivity contribution in [1.82, 2.24) is 9.88 Å². The van der Waals surface area contributed by atoms with Gasteiger partial charge in [-0.2, -0.15) is 0 Å². The van der Waals surface area contributed by atoms with Crippen LogP contribution < -0.4 is 0 Å². The van der Waals surface area contributed by atoms with E-state index in [9.17, 15) is 0 Å². The van der Waals surface area contributed by atoms with Gasteiger partial charge in [-0.25, -0.2) is 0 Å². The number of pyridine rings is 1. The van der Waals surface area contributed by atoms with Crippen LogP contribution in [-0.2, 0) is 15.9 Å². The molecule has 0 aliphatic carbocycles. The molecule has 0 N–H and O–H groups in total. The van der Waals surface area contributed by atoms with Crippen molar-refractivity contribution in [3.8, 4) is 0 Å². The van der Waals surface area contributed by atoms with Gasteiger partial charge in [0.1, 0.15) is 0 Å². The molecule has 1 fully saturated rings. The fraction of sp³-hybridized carbons (Fsp3) is 0.735. The number of aromatic nitrogens is 1. The van der Waals surface area contributed by atoms with E-state index in [-0.39, 0.29) is 11.9 Å². The van der Waals surface area contributed by atoms with E-state index in [1.165, 1.54) is 140 Å². The Morgan fingerprint density at radius 2 is 1.08 bits per heavy atom. The summed E-state index contributed by atoms with van der Waals surface area (Å²) in [5, 5.41) is 0. The Morgan fingerprint density at radius 1 is 0.604 bits per heavy atom. The lowest BCUT2D eigenvalue weighted by Gasteiger charge is -2.29. The zero-order chi connectivity index (χ0) is 37.8. The highest BCUT2D eigenvalue weighted by Crippen LogP contribution is 2.35.